The first-order chi connectivity index (χ1) is 6.91. The Morgan fingerprint density at radius 1 is 1.27 bits per heavy atom. The molecule has 0 saturated carbocycles. The van der Waals surface area contributed by atoms with Gasteiger partial charge in [0, 0.05) is 5.57 Å². The molecule has 0 fully saturated rings. The summed E-state index contributed by atoms with van der Waals surface area (Å²) in [6.45, 7) is 4.95. The Kier molecular flexibility index (Phi) is 6.20. The molecule has 3 N–H and O–H groups in total. The number of aliphatic carboxylic acids is 1. The van der Waals surface area contributed by atoms with Crippen molar-refractivity contribution in [2.24, 2.45) is 0 Å². The second-order valence-corrected chi connectivity index (χ2v) is 3.77. The van der Waals surface area contributed by atoms with Crippen molar-refractivity contribution in [3.8, 4) is 0 Å². The van der Waals surface area contributed by atoms with Crippen LogP contribution < -0.4 is 0 Å². The second-order valence-electron chi connectivity index (χ2n) is 3.77. The van der Waals surface area contributed by atoms with E-state index in [0.29, 0.717) is 12.0 Å². The zero-order chi connectivity index (χ0) is 12.0. The Hall–Kier alpha value is -0.870. The maximum absolute atomic E-state index is 10.6. The number of rotatable bonds is 6. The van der Waals surface area contributed by atoms with Gasteiger partial charge in [0.2, 0.25) is 0 Å². The molecular weight excluding hydrogens is 196 g/mol. The molecule has 0 bridgehead atoms. The monoisotopic (exact) mass is 216 g/mol. The fourth-order valence-electron chi connectivity index (χ4n) is 1.25. The fourth-order valence-corrected chi connectivity index (χ4v) is 1.25. The van der Waals surface area contributed by atoms with Crippen molar-refractivity contribution in [2.45, 2.75) is 52.2 Å². The summed E-state index contributed by atoms with van der Waals surface area (Å²) in [6, 6.07) is 0. The first-order valence-electron chi connectivity index (χ1n) is 5.18. The van der Waals surface area contributed by atoms with Crippen LogP contribution in [0.25, 0.3) is 0 Å². The van der Waals surface area contributed by atoms with Crippen molar-refractivity contribution in [1.82, 2.24) is 0 Å². The number of carbonyl (C=O) groups is 1. The van der Waals surface area contributed by atoms with Crippen LogP contribution in [0.1, 0.15) is 40.0 Å². The van der Waals surface area contributed by atoms with E-state index in [1.807, 2.05) is 6.92 Å². The molecule has 0 radical (unpaired) electrons. The minimum absolute atomic E-state index is 0.0954. The van der Waals surface area contributed by atoms with Crippen molar-refractivity contribution in [1.29, 1.82) is 0 Å². The van der Waals surface area contributed by atoms with Gasteiger partial charge in [0.1, 0.15) is 6.10 Å². The van der Waals surface area contributed by atoms with E-state index in [-0.39, 0.29) is 5.57 Å². The van der Waals surface area contributed by atoms with Gasteiger partial charge in [-0.1, -0.05) is 19.8 Å². The summed E-state index contributed by atoms with van der Waals surface area (Å²) in [4.78, 5) is 10.6. The lowest BCUT2D eigenvalue weighted by Crippen LogP contribution is -2.28. The summed E-state index contributed by atoms with van der Waals surface area (Å²) >= 11 is 0. The van der Waals surface area contributed by atoms with Gasteiger partial charge in [-0.15, -0.1) is 0 Å². The summed E-state index contributed by atoms with van der Waals surface area (Å²) in [5, 5.41) is 27.9. The van der Waals surface area contributed by atoms with Crippen molar-refractivity contribution in [2.75, 3.05) is 0 Å². The van der Waals surface area contributed by atoms with E-state index >= 15 is 0 Å². The molecule has 88 valence electrons. The molecule has 2 atom stereocenters. The largest absolute Gasteiger partial charge is 0.478 e. The molecular formula is C11H20O4. The van der Waals surface area contributed by atoms with Gasteiger partial charge < -0.3 is 15.3 Å². The lowest BCUT2D eigenvalue weighted by atomic mass is 9.98. The zero-order valence-electron chi connectivity index (χ0n) is 9.53. The van der Waals surface area contributed by atoms with Crippen LogP contribution in [0, 0.1) is 0 Å². The first kappa shape index (κ1) is 14.1. The molecule has 0 aliphatic heterocycles. The van der Waals surface area contributed by atoms with Gasteiger partial charge in [0.25, 0.3) is 0 Å². The third kappa shape index (κ3) is 4.44. The van der Waals surface area contributed by atoms with E-state index in [4.69, 9.17) is 5.11 Å². The molecule has 0 saturated heterocycles. The first-order valence-corrected chi connectivity index (χ1v) is 5.18. The van der Waals surface area contributed by atoms with E-state index in [9.17, 15) is 15.0 Å². The van der Waals surface area contributed by atoms with E-state index in [0.717, 1.165) is 12.8 Å². The molecule has 15 heavy (non-hydrogen) atoms. The van der Waals surface area contributed by atoms with E-state index < -0.39 is 18.2 Å². The lowest BCUT2D eigenvalue weighted by molar-refractivity contribution is -0.132. The highest BCUT2D eigenvalue weighted by Crippen LogP contribution is 2.15. The summed E-state index contributed by atoms with van der Waals surface area (Å²) < 4.78 is 0. The second kappa shape index (κ2) is 6.58. The molecule has 0 aliphatic rings. The van der Waals surface area contributed by atoms with Crippen LogP contribution in [0.5, 0.6) is 0 Å². The molecule has 0 aromatic heterocycles. The summed E-state index contributed by atoms with van der Waals surface area (Å²) in [7, 11) is 0. The maximum atomic E-state index is 10.6. The van der Waals surface area contributed by atoms with Gasteiger partial charge in [-0.25, -0.2) is 4.79 Å². The van der Waals surface area contributed by atoms with Crippen molar-refractivity contribution < 1.29 is 20.1 Å². The van der Waals surface area contributed by atoms with Crippen molar-refractivity contribution >= 4 is 5.97 Å². The highest BCUT2D eigenvalue weighted by Gasteiger charge is 2.20. The van der Waals surface area contributed by atoms with Crippen LogP contribution in [0.3, 0.4) is 0 Å². The van der Waals surface area contributed by atoms with Crippen molar-refractivity contribution in [3.05, 3.63) is 11.1 Å². The fraction of sp³-hybridized carbons (Fsp3) is 0.727. The van der Waals surface area contributed by atoms with Gasteiger partial charge in [0.15, 0.2) is 0 Å². The van der Waals surface area contributed by atoms with Crippen LogP contribution in [-0.2, 0) is 4.79 Å². The number of carboxylic acid groups (broad SMARTS) is 1. The number of unbranched alkanes of at least 4 members (excludes halogenated alkanes) is 1. The molecule has 0 spiro atoms. The summed E-state index contributed by atoms with van der Waals surface area (Å²) in [6.07, 6.45) is 0.288. The predicted octanol–water partition coefficient (Wildman–Crippen LogP) is 1.32. The third-order valence-electron chi connectivity index (χ3n) is 2.57. The quantitative estimate of drug-likeness (QED) is 0.585. The average molecular weight is 216 g/mol. The number of carboxylic acids is 1. The Bertz CT molecular complexity index is 245. The topological polar surface area (TPSA) is 77.8 Å². The van der Waals surface area contributed by atoms with E-state index in [2.05, 4.69) is 0 Å². The van der Waals surface area contributed by atoms with Gasteiger partial charge in [-0.05, 0) is 25.8 Å². The van der Waals surface area contributed by atoms with Crippen LogP contribution in [0.2, 0.25) is 0 Å². The molecule has 0 aromatic rings. The molecule has 4 heteroatoms. The molecule has 0 amide bonds. The van der Waals surface area contributed by atoms with E-state index in [1.165, 1.54) is 13.8 Å². The molecule has 2 unspecified atom stereocenters. The zero-order valence-corrected chi connectivity index (χ0v) is 9.53. The third-order valence-corrected chi connectivity index (χ3v) is 2.57. The number of aliphatic hydroxyl groups excluding tert-OH is 2. The summed E-state index contributed by atoms with van der Waals surface area (Å²) in [5.41, 5.74) is 0.421. The minimum Gasteiger partial charge on any atom is -0.478 e. The van der Waals surface area contributed by atoms with Crippen molar-refractivity contribution in [3.63, 3.8) is 0 Å². The van der Waals surface area contributed by atoms with E-state index in [1.54, 1.807) is 0 Å². The molecule has 4 nitrogen and oxygen atoms in total. The Morgan fingerprint density at radius 3 is 2.20 bits per heavy atom. The molecule has 0 rings (SSSR count). The van der Waals surface area contributed by atoms with Gasteiger partial charge in [0.05, 0.1) is 6.10 Å². The minimum atomic E-state index is -1.08. The van der Waals surface area contributed by atoms with Gasteiger partial charge in [-0.2, -0.15) is 0 Å². The van der Waals surface area contributed by atoms with Crippen LogP contribution in [-0.4, -0.2) is 33.5 Å². The Labute approximate surface area is 90.2 Å². The highest BCUT2D eigenvalue weighted by atomic mass is 16.4. The smallest absolute Gasteiger partial charge is 0.331 e. The lowest BCUT2D eigenvalue weighted by Gasteiger charge is -2.19. The standard InChI is InChI=1S/C11H20O4/c1-4-5-6-9(12)10(13)7(2)8(3)11(14)15/h9-10,12-13H,4-6H2,1-3H3,(H,14,15). The predicted molar refractivity (Wildman–Crippen MR) is 57.5 cm³/mol. The Balaban J connectivity index is 4.49. The van der Waals surface area contributed by atoms with Crippen LogP contribution in [0.15, 0.2) is 11.1 Å². The normalized spacial score (nSPS) is 16.9. The van der Waals surface area contributed by atoms with Crippen LogP contribution >= 0.6 is 0 Å². The molecule has 0 aromatic carbocycles. The van der Waals surface area contributed by atoms with Gasteiger partial charge >= 0.3 is 5.97 Å². The number of aliphatic hydroxyl groups is 2. The Morgan fingerprint density at radius 2 is 1.80 bits per heavy atom. The maximum Gasteiger partial charge on any atom is 0.331 e. The molecule has 0 heterocycles. The SMILES string of the molecule is CCCCC(O)C(O)C(C)=C(C)C(=O)O. The number of hydrogen-bond acceptors (Lipinski definition) is 3. The highest BCUT2D eigenvalue weighted by molar-refractivity contribution is 5.86. The number of hydrogen-bond donors (Lipinski definition) is 3. The van der Waals surface area contributed by atoms with Crippen LogP contribution in [0.4, 0.5) is 0 Å². The summed E-state index contributed by atoms with van der Waals surface area (Å²) in [5.74, 6) is -1.06. The van der Waals surface area contributed by atoms with Gasteiger partial charge in [-0.3, -0.25) is 0 Å². The molecule has 0 aliphatic carbocycles. The average Bonchev–Trinajstić information content (AvgIpc) is 2.22.